The molecule has 130 valence electrons. The quantitative estimate of drug-likeness (QED) is 0.436. The third-order valence-corrected chi connectivity index (χ3v) is 3.83. The van der Waals surface area contributed by atoms with Gasteiger partial charge in [0.2, 0.25) is 0 Å². The average molecular weight is 350 g/mol. The molecule has 0 saturated carbocycles. The first kappa shape index (κ1) is 18.3. The van der Waals surface area contributed by atoms with Gasteiger partial charge in [0, 0.05) is 51.2 Å². The zero-order valence-electron chi connectivity index (χ0n) is 14.1. The molecule has 1 heterocycles. The minimum absolute atomic E-state index is 0.0914. The van der Waals surface area contributed by atoms with Crippen LogP contribution in [0, 0.1) is 0 Å². The van der Waals surface area contributed by atoms with Crippen LogP contribution < -0.4 is 10.6 Å². The zero-order valence-corrected chi connectivity index (χ0v) is 14.8. The van der Waals surface area contributed by atoms with E-state index in [4.69, 9.17) is 16.3 Å². The summed E-state index contributed by atoms with van der Waals surface area (Å²) < 4.78 is 7.46. The first-order chi connectivity index (χ1) is 11.7. The van der Waals surface area contributed by atoms with Crippen molar-refractivity contribution in [3.05, 3.63) is 53.3 Å². The van der Waals surface area contributed by atoms with Gasteiger partial charge in [-0.05, 0) is 30.2 Å². The van der Waals surface area contributed by atoms with Crippen LogP contribution in [0.5, 0.6) is 0 Å². The Hall–Kier alpha value is -2.05. The van der Waals surface area contributed by atoms with Crippen LogP contribution in [0.2, 0.25) is 5.02 Å². The van der Waals surface area contributed by atoms with Gasteiger partial charge in [-0.2, -0.15) is 5.10 Å². The number of nitrogens with zero attached hydrogens (tertiary/aromatic N) is 3. The van der Waals surface area contributed by atoms with Crippen molar-refractivity contribution >= 4 is 17.6 Å². The third-order valence-electron chi connectivity index (χ3n) is 3.60. The Bertz CT molecular complexity index is 630. The minimum Gasteiger partial charge on any atom is -0.375 e. The normalized spacial score (nSPS) is 12.9. The topological polar surface area (TPSA) is 63.5 Å². The lowest BCUT2D eigenvalue weighted by Gasteiger charge is -2.19. The number of hydrogen-bond acceptors (Lipinski definition) is 3. The summed E-state index contributed by atoms with van der Waals surface area (Å²) in [6.07, 6.45) is 4.62. The molecular weight excluding hydrogens is 326 g/mol. The van der Waals surface area contributed by atoms with Crippen molar-refractivity contribution < 1.29 is 4.74 Å². The summed E-state index contributed by atoms with van der Waals surface area (Å²) in [5.41, 5.74) is 1.03. The van der Waals surface area contributed by atoms with Crippen LogP contribution in [-0.2, 0) is 11.3 Å². The number of ether oxygens (including phenoxy) is 1. The van der Waals surface area contributed by atoms with Crippen LogP contribution in [0.4, 0.5) is 0 Å². The van der Waals surface area contributed by atoms with Crippen molar-refractivity contribution in [2.45, 2.75) is 19.1 Å². The third kappa shape index (κ3) is 5.86. The van der Waals surface area contributed by atoms with Crippen molar-refractivity contribution in [3.63, 3.8) is 0 Å². The number of methoxy groups -OCH3 is 1. The maximum absolute atomic E-state index is 6.04. The molecule has 0 radical (unpaired) electrons. The van der Waals surface area contributed by atoms with Gasteiger partial charge >= 0.3 is 0 Å². The maximum Gasteiger partial charge on any atom is 0.191 e. The summed E-state index contributed by atoms with van der Waals surface area (Å²) in [6, 6.07) is 9.62. The van der Waals surface area contributed by atoms with Gasteiger partial charge in [-0.15, -0.1) is 0 Å². The molecule has 0 aliphatic carbocycles. The minimum atomic E-state index is -0.0914. The van der Waals surface area contributed by atoms with Gasteiger partial charge in [0.05, 0.1) is 6.10 Å². The van der Waals surface area contributed by atoms with Gasteiger partial charge in [-0.1, -0.05) is 23.7 Å². The van der Waals surface area contributed by atoms with Crippen molar-refractivity contribution in [2.24, 2.45) is 4.99 Å². The predicted octanol–water partition coefficient (Wildman–Crippen LogP) is 2.48. The molecule has 7 heteroatoms. The van der Waals surface area contributed by atoms with Crippen LogP contribution >= 0.6 is 11.6 Å². The molecule has 1 unspecified atom stereocenters. The molecule has 0 aliphatic rings. The first-order valence-corrected chi connectivity index (χ1v) is 8.31. The summed E-state index contributed by atoms with van der Waals surface area (Å²) in [5, 5.41) is 11.5. The highest BCUT2D eigenvalue weighted by molar-refractivity contribution is 6.30. The number of aromatic nitrogens is 2. The standard InChI is InChI=1S/C17H24ClN5O/c1-19-17(20-8-4-10-23-11-5-9-22-23)21-13-16(24-2)14-6-3-7-15(18)12-14/h3,5-7,9,11-12,16H,4,8,10,13H2,1-2H3,(H2,19,20,21). The van der Waals surface area contributed by atoms with E-state index in [9.17, 15) is 0 Å². The number of benzene rings is 1. The van der Waals surface area contributed by atoms with Crippen LogP contribution in [0.1, 0.15) is 18.1 Å². The maximum atomic E-state index is 6.04. The number of hydrogen-bond donors (Lipinski definition) is 2. The predicted molar refractivity (Wildman–Crippen MR) is 97.4 cm³/mol. The van der Waals surface area contributed by atoms with Gasteiger partial charge in [-0.25, -0.2) is 0 Å². The van der Waals surface area contributed by atoms with Crippen molar-refractivity contribution in [1.82, 2.24) is 20.4 Å². The first-order valence-electron chi connectivity index (χ1n) is 7.93. The molecule has 1 atom stereocenters. The molecule has 2 rings (SSSR count). The molecule has 6 nitrogen and oxygen atoms in total. The molecule has 2 N–H and O–H groups in total. The molecule has 0 saturated heterocycles. The lowest BCUT2D eigenvalue weighted by Crippen LogP contribution is -2.40. The second-order valence-electron chi connectivity index (χ2n) is 5.28. The van der Waals surface area contributed by atoms with E-state index in [0.717, 1.165) is 31.0 Å². The Morgan fingerprint density at radius 1 is 1.38 bits per heavy atom. The molecule has 0 bridgehead atoms. The molecule has 0 spiro atoms. The molecular formula is C17H24ClN5O. The molecule has 1 aromatic heterocycles. The van der Waals surface area contributed by atoms with E-state index < -0.39 is 0 Å². The van der Waals surface area contributed by atoms with Crippen molar-refractivity contribution in [2.75, 3.05) is 27.2 Å². The van der Waals surface area contributed by atoms with Gasteiger partial charge in [0.15, 0.2) is 5.96 Å². The molecule has 0 fully saturated rings. The Morgan fingerprint density at radius 2 is 2.25 bits per heavy atom. The fourth-order valence-corrected chi connectivity index (χ4v) is 2.53. The number of halogens is 1. The van der Waals surface area contributed by atoms with E-state index in [-0.39, 0.29) is 6.10 Å². The fraction of sp³-hybridized carbons (Fsp3) is 0.412. The second kappa shape index (κ2) is 9.95. The highest BCUT2D eigenvalue weighted by atomic mass is 35.5. The zero-order chi connectivity index (χ0) is 17.2. The molecule has 1 aromatic carbocycles. The number of aliphatic imine (C=N–C) groups is 1. The van der Waals surface area contributed by atoms with Gasteiger partial charge in [-0.3, -0.25) is 9.67 Å². The fourth-order valence-electron chi connectivity index (χ4n) is 2.33. The van der Waals surface area contributed by atoms with Gasteiger partial charge < -0.3 is 15.4 Å². The number of rotatable bonds is 8. The van der Waals surface area contributed by atoms with E-state index >= 15 is 0 Å². The Kier molecular flexibility index (Phi) is 7.58. The highest BCUT2D eigenvalue weighted by Crippen LogP contribution is 2.19. The van der Waals surface area contributed by atoms with Crippen molar-refractivity contribution in [3.8, 4) is 0 Å². The van der Waals surface area contributed by atoms with Crippen molar-refractivity contribution in [1.29, 1.82) is 0 Å². The van der Waals surface area contributed by atoms with Gasteiger partial charge in [0.1, 0.15) is 0 Å². The SMILES string of the molecule is CN=C(NCCCn1cccn1)NCC(OC)c1cccc(Cl)c1. The Morgan fingerprint density at radius 3 is 2.92 bits per heavy atom. The Labute approximate surface area is 147 Å². The molecule has 2 aromatic rings. The second-order valence-corrected chi connectivity index (χ2v) is 5.72. The van der Waals surface area contributed by atoms with E-state index in [2.05, 4.69) is 20.7 Å². The largest absolute Gasteiger partial charge is 0.375 e. The monoisotopic (exact) mass is 349 g/mol. The highest BCUT2D eigenvalue weighted by Gasteiger charge is 2.11. The van der Waals surface area contributed by atoms with E-state index in [0.29, 0.717) is 11.6 Å². The summed E-state index contributed by atoms with van der Waals surface area (Å²) in [5.74, 6) is 0.750. The Balaban J connectivity index is 1.75. The average Bonchev–Trinajstić information content (AvgIpc) is 3.10. The number of aryl methyl sites for hydroxylation is 1. The molecule has 0 aliphatic heterocycles. The van der Waals surface area contributed by atoms with Crippen LogP contribution in [0.3, 0.4) is 0 Å². The van der Waals surface area contributed by atoms with Crippen LogP contribution in [-0.4, -0.2) is 43.0 Å². The lowest BCUT2D eigenvalue weighted by atomic mass is 10.1. The van der Waals surface area contributed by atoms with Gasteiger partial charge in [0.25, 0.3) is 0 Å². The van der Waals surface area contributed by atoms with E-state index in [1.165, 1.54) is 0 Å². The smallest absolute Gasteiger partial charge is 0.191 e. The molecule has 24 heavy (non-hydrogen) atoms. The van der Waals surface area contributed by atoms with E-state index in [1.54, 1.807) is 20.4 Å². The summed E-state index contributed by atoms with van der Waals surface area (Å²) in [7, 11) is 3.44. The molecule has 0 amide bonds. The van der Waals surface area contributed by atoms with Crippen LogP contribution in [0.15, 0.2) is 47.7 Å². The van der Waals surface area contributed by atoms with E-state index in [1.807, 2.05) is 41.2 Å². The summed E-state index contributed by atoms with van der Waals surface area (Å²) in [4.78, 5) is 4.23. The summed E-state index contributed by atoms with van der Waals surface area (Å²) >= 11 is 6.04. The number of nitrogens with one attached hydrogen (secondary N) is 2. The lowest BCUT2D eigenvalue weighted by molar-refractivity contribution is 0.106. The number of guanidine groups is 1. The van der Waals surface area contributed by atoms with Crippen LogP contribution in [0.25, 0.3) is 0 Å². The summed E-state index contributed by atoms with van der Waals surface area (Å²) in [6.45, 7) is 2.30.